The van der Waals surface area contributed by atoms with Crippen LogP contribution in [-0.4, -0.2) is 24.8 Å². The second-order valence-electron chi connectivity index (χ2n) is 4.73. The fourth-order valence-electron chi connectivity index (χ4n) is 1.72. The molecule has 21 heavy (non-hydrogen) atoms. The first kappa shape index (κ1) is 15.2. The van der Waals surface area contributed by atoms with Gasteiger partial charge in [-0.15, -0.1) is 0 Å². The van der Waals surface area contributed by atoms with Crippen LogP contribution in [0.2, 0.25) is 5.02 Å². The topological polar surface area (TPSA) is 73.9 Å². The van der Waals surface area contributed by atoms with Gasteiger partial charge in [0.1, 0.15) is 5.75 Å². The van der Waals surface area contributed by atoms with Crippen molar-refractivity contribution in [2.24, 2.45) is 0 Å². The molecule has 0 atom stereocenters. The monoisotopic (exact) mass is 311 g/mol. The Hall–Kier alpha value is -2.21. The number of anilines is 1. The average molecular weight is 312 g/mol. The molecule has 1 aromatic carbocycles. The molecule has 0 aliphatic carbocycles. The molecule has 1 aliphatic rings. The molecule has 1 saturated heterocycles. The highest BCUT2D eigenvalue weighted by atomic mass is 35.5. The zero-order chi connectivity index (χ0) is 15.6. The van der Waals surface area contributed by atoms with E-state index in [1.807, 2.05) is 0 Å². The Labute approximate surface area is 126 Å². The third-order valence-corrected chi connectivity index (χ3v) is 2.89. The largest absolute Gasteiger partial charge is 0.495 e. The zero-order valence-electron chi connectivity index (χ0n) is 11.7. The number of hydrogen-bond donors (Lipinski definition) is 1. The lowest BCUT2D eigenvalue weighted by atomic mass is 10.2. The van der Waals surface area contributed by atoms with Crippen molar-refractivity contribution in [3.05, 3.63) is 35.0 Å². The van der Waals surface area contributed by atoms with E-state index >= 15 is 0 Å². The summed E-state index contributed by atoms with van der Waals surface area (Å²) in [7, 11) is 1.49. The van der Waals surface area contributed by atoms with E-state index in [0.717, 1.165) is 0 Å². The van der Waals surface area contributed by atoms with E-state index in [-0.39, 0.29) is 5.57 Å². The molecule has 7 heteroatoms. The summed E-state index contributed by atoms with van der Waals surface area (Å²) >= 11 is 5.89. The van der Waals surface area contributed by atoms with E-state index in [2.05, 4.69) is 5.32 Å². The molecule has 1 N–H and O–H groups in total. The van der Waals surface area contributed by atoms with Crippen molar-refractivity contribution in [3.8, 4) is 5.75 Å². The smallest absolute Gasteiger partial charge is 0.350 e. The molecule has 112 valence electrons. The summed E-state index contributed by atoms with van der Waals surface area (Å²) in [6.45, 7) is 2.96. The maximum Gasteiger partial charge on any atom is 0.350 e. The highest BCUT2D eigenvalue weighted by Crippen LogP contribution is 2.28. The van der Waals surface area contributed by atoms with Crippen LogP contribution in [0.4, 0.5) is 5.69 Å². The molecule has 1 aliphatic heterocycles. The van der Waals surface area contributed by atoms with E-state index in [4.69, 9.17) is 25.8 Å². The molecule has 0 aromatic heterocycles. The van der Waals surface area contributed by atoms with E-state index in [9.17, 15) is 9.59 Å². The van der Waals surface area contributed by atoms with Gasteiger partial charge in [0.25, 0.3) is 5.79 Å². The standard InChI is InChI=1S/C14H14ClNO5/c1-14(2)20-12(17)9(13(18)21-14)7-16-10-6-8(15)4-5-11(10)19-3/h4-7,16H,1-3H3. The summed E-state index contributed by atoms with van der Waals surface area (Å²) in [5.41, 5.74) is 0.263. The average Bonchev–Trinajstić information content (AvgIpc) is 2.36. The fourth-order valence-corrected chi connectivity index (χ4v) is 1.89. The van der Waals surface area contributed by atoms with Crippen LogP contribution in [-0.2, 0) is 19.1 Å². The molecule has 0 amide bonds. The third kappa shape index (κ3) is 3.46. The van der Waals surface area contributed by atoms with E-state index in [1.54, 1.807) is 18.2 Å². The number of cyclic esters (lactones) is 2. The number of carbonyl (C=O) groups is 2. The lowest BCUT2D eigenvalue weighted by Crippen LogP contribution is -2.42. The van der Waals surface area contributed by atoms with Crippen LogP contribution in [0.25, 0.3) is 0 Å². The number of methoxy groups -OCH3 is 1. The second kappa shape index (κ2) is 5.65. The van der Waals surface area contributed by atoms with Gasteiger partial charge in [-0.3, -0.25) is 0 Å². The SMILES string of the molecule is COc1ccc(Cl)cc1NC=C1C(=O)OC(C)(C)OC1=O. The van der Waals surface area contributed by atoms with Crippen LogP contribution in [0.5, 0.6) is 5.75 Å². The quantitative estimate of drug-likeness (QED) is 0.525. The molecule has 0 saturated carbocycles. The molecule has 2 rings (SSSR count). The van der Waals surface area contributed by atoms with Gasteiger partial charge in [0.05, 0.1) is 12.8 Å². The van der Waals surface area contributed by atoms with E-state index in [0.29, 0.717) is 16.5 Å². The molecule has 1 aromatic rings. The third-order valence-electron chi connectivity index (χ3n) is 2.65. The number of hydrogen-bond acceptors (Lipinski definition) is 6. The number of ether oxygens (including phenoxy) is 3. The predicted molar refractivity (Wildman–Crippen MR) is 76.0 cm³/mol. The van der Waals surface area contributed by atoms with Gasteiger partial charge < -0.3 is 19.5 Å². The minimum absolute atomic E-state index is 0.239. The van der Waals surface area contributed by atoms with Gasteiger partial charge in [-0.2, -0.15) is 0 Å². The summed E-state index contributed by atoms with van der Waals surface area (Å²) in [4.78, 5) is 23.5. The van der Waals surface area contributed by atoms with E-state index < -0.39 is 17.7 Å². The van der Waals surface area contributed by atoms with Gasteiger partial charge in [-0.25, -0.2) is 9.59 Å². The Morgan fingerprint density at radius 3 is 2.43 bits per heavy atom. The molecule has 0 spiro atoms. The molecule has 1 fully saturated rings. The minimum Gasteiger partial charge on any atom is -0.495 e. The highest BCUT2D eigenvalue weighted by molar-refractivity contribution is 6.31. The molecule has 0 radical (unpaired) electrons. The molecular weight excluding hydrogens is 298 g/mol. The summed E-state index contributed by atoms with van der Waals surface area (Å²) in [6, 6.07) is 4.91. The maximum atomic E-state index is 11.8. The Kier molecular flexibility index (Phi) is 4.09. The number of esters is 2. The number of rotatable bonds is 3. The molecule has 0 unspecified atom stereocenters. The van der Waals surface area contributed by atoms with Crippen LogP contribution in [0, 0.1) is 0 Å². The van der Waals surface area contributed by atoms with Crippen molar-refractivity contribution < 1.29 is 23.8 Å². The van der Waals surface area contributed by atoms with Crippen molar-refractivity contribution in [2.75, 3.05) is 12.4 Å². The summed E-state index contributed by atoms with van der Waals surface area (Å²) in [5.74, 6) is -2.28. The Morgan fingerprint density at radius 2 is 1.86 bits per heavy atom. The van der Waals surface area contributed by atoms with Gasteiger partial charge in [0.2, 0.25) is 0 Å². The number of halogens is 1. The Morgan fingerprint density at radius 1 is 1.24 bits per heavy atom. The maximum absolute atomic E-state index is 11.8. The van der Waals surface area contributed by atoms with Crippen molar-refractivity contribution in [3.63, 3.8) is 0 Å². The van der Waals surface area contributed by atoms with Gasteiger partial charge in [-0.05, 0) is 18.2 Å². The zero-order valence-corrected chi connectivity index (χ0v) is 12.5. The molecule has 1 heterocycles. The first-order valence-electron chi connectivity index (χ1n) is 6.09. The minimum atomic E-state index is -1.26. The summed E-state index contributed by atoms with van der Waals surface area (Å²) in [6.07, 6.45) is 1.20. The number of carbonyl (C=O) groups excluding carboxylic acids is 2. The molecule has 0 bridgehead atoms. The van der Waals surface area contributed by atoms with Gasteiger partial charge >= 0.3 is 11.9 Å². The van der Waals surface area contributed by atoms with Gasteiger partial charge in [0, 0.05) is 25.1 Å². The van der Waals surface area contributed by atoms with Crippen LogP contribution >= 0.6 is 11.6 Å². The van der Waals surface area contributed by atoms with Gasteiger partial charge in [-0.1, -0.05) is 11.6 Å². The lowest BCUT2D eigenvalue weighted by molar-refractivity contribution is -0.222. The summed E-state index contributed by atoms with van der Waals surface area (Å²) in [5, 5.41) is 3.27. The molecular formula is C14H14ClNO5. The van der Waals surface area contributed by atoms with E-state index in [1.165, 1.54) is 27.2 Å². The lowest BCUT2D eigenvalue weighted by Gasteiger charge is -2.29. The van der Waals surface area contributed by atoms with Crippen molar-refractivity contribution in [1.29, 1.82) is 0 Å². The fraction of sp³-hybridized carbons (Fsp3) is 0.286. The van der Waals surface area contributed by atoms with Crippen molar-refractivity contribution >= 4 is 29.2 Å². The Balaban J connectivity index is 2.23. The number of nitrogens with one attached hydrogen (secondary N) is 1. The van der Waals surface area contributed by atoms with Crippen molar-refractivity contribution in [1.82, 2.24) is 0 Å². The predicted octanol–water partition coefficient (Wildman–Crippen LogP) is 2.48. The first-order chi connectivity index (χ1) is 9.82. The first-order valence-corrected chi connectivity index (χ1v) is 6.47. The van der Waals surface area contributed by atoms with Crippen molar-refractivity contribution in [2.45, 2.75) is 19.6 Å². The molecule has 6 nitrogen and oxygen atoms in total. The Bertz CT molecular complexity index is 602. The van der Waals surface area contributed by atoms with Crippen LogP contribution in [0.1, 0.15) is 13.8 Å². The van der Waals surface area contributed by atoms with Crippen LogP contribution in [0.3, 0.4) is 0 Å². The summed E-state index contributed by atoms with van der Waals surface area (Å²) < 4.78 is 15.1. The number of benzene rings is 1. The van der Waals surface area contributed by atoms with Crippen LogP contribution in [0.15, 0.2) is 30.0 Å². The highest BCUT2D eigenvalue weighted by Gasteiger charge is 2.38. The normalized spacial score (nSPS) is 16.9. The second-order valence-corrected chi connectivity index (χ2v) is 5.16. The van der Waals surface area contributed by atoms with Crippen LogP contribution < -0.4 is 10.1 Å². The van der Waals surface area contributed by atoms with Gasteiger partial charge in [0.15, 0.2) is 5.57 Å².